The molecule has 9 nitrogen and oxygen atoms in total. The molecule has 0 bridgehead atoms. The fraction of sp³-hybridized carbons (Fsp3) is 0.200. The topological polar surface area (TPSA) is 114 Å². The molecular weight excluding hydrogens is 586 g/mol. The lowest BCUT2D eigenvalue weighted by atomic mass is 9.85. The fourth-order valence-electron chi connectivity index (χ4n) is 4.85. The predicted octanol–water partition coefficient (Wildman–Crippen LogP) is 8.10. The molecule has 232 valence electrons. The molecule has 5 rings (SSSR count). The molecule has 4 N–H and O–H groups in total. The Bertz CT molecular complexity index is 1840. The Labute approximate surface area is 266 Å². The van der Waals surface area contributed by atoms with Crippen molar-refractivity contribution < 1.29 is 18.5 Å². The van der Waals surface area contributed by atoms with Crippen LogP contribution in [-0.4, -0.2) is 28.6 Å². The summed E-state index contributed by atoms with van der Waals surface area (Å²) < 4.78 is 26.7. The number of amides is 2. The second-order valence-electron chi connectivity index (χ2n) is 11.4. The van der Waals surface area contributed by atoms with E-state index in [1.54, 1.807) is 25.6 Å². The normalized spacial score (nSPS) is 11.9. The van der Waals surface area contributed by atoms with E-state index in [-0.39, 0.29) is 5.41 Å². The molecule has 4 aromatic carbocycles. The minimum atomic E-state index is -1.21. The molecule has 1 heterocycles. The molecule has 1 atom stereocenters. The number of nitrogens with one attached hydrogen (secondary N) is 4. The van der Waals surface area contributed by atoms with E-state index in [9.17, 15) is 9.00 Å². The van der Waals surface area contributed by atoms with Gasteiger partial charge in [0.15, 0.2) is 0 Å². The van der Waals surface area contributed by atoms with E-state index < -0.39 is 17.0 Å². The summed E-state index contributed by atoms with van der Waals surface area (Å²) in [6, 6.07) is 28.3. The van der Waals surface area contributed by atoms with E-state index in [2.05, 4.69) is 46.4 Å². The van der Waals surface area contributed by atoms with Crippen LogP contribution in [0.5, 0.6) is 17.2 Å². The maximum absolute atomic E-state index is 13.4. The van der Waals surface area contributed by atoms with Crippen molar-refractivity contribution in [2.24, 2.45) is 0 Å². The average molecular weight is 624 g/mol. The Hall–Kier alpha value is -4.93. The van der Waals surface area contributed by atoms with Gasteiger partial charge in [-0.05, 0) is 47.4 Å². The number of anilines is 4. The van der Waals surface area contributed by atoms with Gasteiger partial charge in [0.25, 0.3) is 0 Å². The number of rotatable bonds is 10. The van der Waals surface area contributed by atoms with E-state index in [1.165, 1.54) is 0 Å². The molecule has 0 aliphatic rings. The first-order valence-corrected chi connectivity index (χ1v) is 16.0. The van der Waals surface area contributed by atoms with Gasteiger partial charge in [-0.1, -0.05) is 69.3 Å². The van der Waals surface area contributed by atoms with Gasteiger partial charge in [0.1, 0.15) is 23.1 Å². The fourth-order valence-corrected chi connectivity index (χ4v) is 5.21. The summed E-state index contributed by atoms with van der Waals surface area (Å²) in [6.45, 7) is 6.60. The standard InChI is InChI=1S/C35H37N5O4S/c1-35(2,3)24-19-23(22-37-45(5)42)33(43-4)30(20-24)40-34(41)39-29-15-16-31(28-14-10-9-13-27(28)29)44-26-17-18-36-32(21-26)38-25-11-7-6-8-12-25/h6-21,37H,22H2,1-5H3,(H,36,38)(H2,39,40,41). The molecule has 5 aromatic rings. The Morgan fingerprint density at radius 3 is 2.29 bits per heavy atom. The van der Waals surface area contributed by atoms with Gasteiger partial charge in [0, 0.05) is 47.1 Å². The van der Waals surface area contributed by atoms with Crippen molar-refractivity contribution in [2.75, 3.05) is 29.3 Å². The number of benzene rings is 4. The van der Waals surface area contributed by atoms with Gasteiger partial charge in [0.2, 0.25) is 0 Å². The van der Waals surface area contributed by atoms with E-state index >= 15 is 0 Å². The highest BCUT2D eigenvalue weighted by molar-refractivity contribution is 7.82. The van der Waals surface area contributed by atoms with Crippen LogP contribution >= 0.6 is 0 Å². The zero-order chi connectivity index (χ0) is 32.0. The third-order valence-electron chi connectivity index (χ3n) is 7.09. The van der Waals surface area contributed by atoms with Crippen LogP contribution in [0, 0.1) is 0 Å². The lowest BCUT2D eigenvalue weighted by Crippen LogP contribution is -2.22. The summed E-state index contributed by atoms with van der Waals surface area (Å²) in [5.41, 5.74) is 3.66. The summed E-state index contributed by atoms with van der Waals surface area (Å²) in [5, 5.41) is 10.9. The van der Waals surface area contributed by atoms with Crippen molar-refractivity contribution in [1.82, 2.24) is 9.71 Å². The van der Waals surface area contributed by atoms with E-state index in [1.807, 2.05) is 84.9 Å². The number of nitrogens with zero attached hydrogens (tertiary/aromatic N) is 1. The molecular formula is C35H37N5O4S. The highest BCUT2D eigenvalue weighted by Gasteiger charge is 2.21. The molecule has 1 aromatic heterocycles. The minimum absolute atomic E-state index is 0.196. The summed E-state index contributed by atoms with van der Waals surface area (Å²) in [7, 11) is 0.345. The van der Waals surface area contributed by atoms with Crippen molar-refractivity contribution in [1.29, 1.82) is 0 Å². The smallest absolute Gasteiger partial charge is 0.323 e. The maximum Gasteiger partial charge on any atom is 0.323 e. The number of hydrogen-bond acceptors (Lipinski definition) is 6. The number of para-hydroxylation sites is 1. The van der Waals surface area contributed by atoms with Crippen LogP contribution < -0.4 is 30.1 Å². The summed E-state index contributed by atoms with van der Waals surface area (Å²) >= 11 is 0. The molecule has 0 saturated carbocycles. The van der Waals surface area contributed by atoms with Gasteiger partial charge in [-0.2, -0.15) is 0 Å². The molecule has 45 heavy (non-hydrogen) atoms. The average Bonchev–Trinajstić information content (AvgIpc) is 3.01. The van der Waals surface area contributed by atoms with Gasteiger partial charge in [0.05, 0.1) is 29.5 Å². The molecule has 0 fully saturated rings. The number of carbonyl (C=O) groups excluding carboxylic acids is 1. The largest absolute Gasteiger partial charge is 0.494 e. The SMILES string of the molecule is COc1c(CNS(C)=O)cc(C(C)(C)C)cc1NC(=O)Nc1ccc(Oc2ccnc(Nc3ccccc3)c2)c2ccccc12. The third-order valence-corrected chi connectivity index (χ3v) is 7.64. The van der Waals surface area contributed by atoms with E-state index in [0.717, 1.165) is 27.6 Å². The molecule has 0 saturated heterocycles. The van der Waals surface area contributed by atoms with Crippen LogP contribution in [0.4, 0.5) is 27.7 Å². The maximum atomic E-state index is 13.4. The first-order chi connectivity index (χ1) is 21.6. The van der Waals surface area contributed by atoms with E-state index in [4.69, 9.17) is 9.47 Å². The zero-order valence-corrected chi connectivity index (χ0v) is 26.7. The Balaban J connectivity index is 1.39. The minimum Gasteiger partial charge on any atom is -0.494 e. The predicted molar refractivity (Wildman–Crippen MR) is 183 cm³/mol. The van der Waals surface area contributed by atoms with Crippen LogP contribution in [0.1, 0.15) is 31.9 Å². The second-order valence-corrected chi connectivity index (χ2v) is 12.6. The number of urea groups is 1. The Kier molecular flexibility index (Phi) is 9.65. The number of fused-ring (bicyclic) bond motifs is 1. The van der Waals surface area contributed by atoms with Crippen molar-refractivity contribution in [3.63, 3.8) is 0 Å². The summed E-state index contributed by atoms with van der Waals surface area (Å²) in [5.74, 6) is 2.42. The number of pyridine rings is 1. The number of ether oxygens (including phenoxy) is 2. The first kappa shape index (κ1) is 31.5. The van der Waals surface area contributed by atoms with E-state index in [0.29, 0.717) is 41.0 Å². The van der Waals surface area contributed by atoms with Gasteiger partial charge < -0.3 is 25.4 Å². The number of hydrogen-bond donors (Lipinski definition) is 4. The van der Waals surface area contributed by atoms with Crippen molar-refractivity contribution in [3.05, 3.63) is 108 Å². The van der Waals surface area contributed by atoms with Crippen LogP contribution in [0.2, 0.25) is 0 Å². The molecule has 0 aliphatic heterocycles. The molecule has 0 aliphatic carbocycles. The summed E-state index contributed by atoms with van der Waals surface area (Å²) in [6.07, 6.45) is 3.26. The quantitative estimate of drug-likeness (QED) is 0.125. The van der Waals surface area contributed by atoms with Crippen LogP contribution in [0.15, 0.2) is 97.2 Å². The highest BCUT2D eigenvalue weighted by atomic mass is 32.2. The van der Waals surface area contributed by atoms with Crippen molar-refractivity contribution in [3.8, 4) is 17.2 Å². The number of aromatic nitrogens is 1. The van der Waals surface area contributed by atoms with Gasteiger partial charge in [-0.15, -0.1) is 0 Å². The van der Waals surface area contributed by atoms with Gasteiger partial charge in [-0.3, -0.25) is 0 Å². The summed E-state index contributed by atoms with van der Waals surface area (Å²) in [4.78, 5) is 17.8. The van der Waals surface area contributed by atoms with Gasteiger partial charge in [-0.25, -0.2) is 18.7 Å². The molecule has 0 radical (unpaired) electrons. The number of methoxy groups -OCH3 is 1. The van der Waals surface area contributed by atoms with Crippen molar-refractivity contribution >= 4 is 50.7 Å². The van der Waals surface area contributed by atoms with Crippen LogP contribution in [0.3, 0.4) is 0 Å². The monoisotopic (exact) mass is 623 g/mol. The first-order valence-electron chi connectivity index (χ1n) is 14.4. The molecule has 0 spiro atoms. The highest BCUT2D eigenvalue weighted by Crippen LogP contribution is 2.37. The van der Waals surface area contributed by atoms with Crippen LogP contribution in [0.25, 0.3) is 10.8 Å². The Morgan fingerprint density at radius 2 is 1.58 bits per heavy atom. The second kappa shape index (κ2) is 13.8. The molecule has 1 unspecified atom stereocenters. The lowest BCUT2D eigenvalue weighted by molar-refractivity contribution is 0.262. The Morgan fingerprint density at radius 1 is 0.867 bits per heavy atom. The van der Waals surface area contributed by atoms with Crippen molar-refractivity contribution in [2.45, 2.75) is 32.7 Å². The zero-order valence-electron chi connectivity index (χ0n) is 25.9. The number of carbonyl (C=O) groups is 1. The molecule has 10 heteroatoms. The van der Waals surface area contributed by atoms with Gasteiger partial charge >= 0.3 is 6.03 Å². The third kappa shape index (κ3) is 7.97. The lowest BCUT2D eigenvalue weighted by Gasteiger charge is -2.24. The van der Waals surface area contributed by atoms with Crippen LogP contribution in [-0.2, 0) is 22.9 Å². The molecule has 2 amide bonds.